The van der Waals surface area contributed by atoms with Crippen molar-refractivity contribution >= 4 is 10.9 Å². The largest absolute Gasteiger partial charge is 0.398 e. The lowest BCUT2D eigenvalue weighted by Gasteiger charge is -2.27. The lowest BCUT2D eigenvalue weighted by atomic mass is 9.94. The lowest BCUT2D eigenvalue weighted by molar-refractivity contribution is 0.0663. The summed E-state index contributed by atoms with van der Waals surface area (Å²) in [6, 6.07) is 15.6. The summed E-state index contributed by atoms with van der Waals surface area (Å²) in [5, 5.41) is 22.1. The second-order valence-corrected chi connectivity index (χ2v) is 7.52. The number of nitriles is 1. The zero-order chi connectivity index (χ0) is 22.6. The summed E-state index contributed by atoms with van der Waals surface area (Å²) in [5.41, 5.74) is 8.39. The first kappa shape index (κ1) is 22.2. The Morgan fingerprint density at radius 2 is 1.97 bits per heavy atom. The van der Waals surface area contributed by atoms with Crippen LogP contribution < -0.4 is 11.6 Å². The third kappa shape index (κ3) is 4.82. The maximum Gasteiger partial charge on any atom is 0.141 e. The van der Waals surface area contributed by atoms with Gasteiger partial charge in [-0.15, -0.1) is 0 Å². The molecule has 31 heavy (non-hydrogen) atoms. The lowest BCUT2D eigenvalue weighted by Crippen LogP contribution is -2.37. The van der Waals surface area contributed by atoms with Gasteiger partial charge in [0.15, 0.2) is 0 Å². The molecule has 5 N–H and O–H groups in total. The molecule has 0 unspecified atom stereocenters. The van der Waals surface area contributed by atoms with Crippen molar-refractivity contribution in [2.24, 2.45) is 11.6 Å². The molecule has 3 rings (SSSR count). The second kappa shape index (κ2) is 9.13. The molecule has 6 nitrogen and oxygen atoms in total. The van der Waals surface area contributed by atoms with Gasteiger partial charge in [0, 0.05) is 11.6 Å². The van der Waals surface area contributed by atoms with E-state index in [0.29, 0.717) is 36.2 Å². The summed E-state index contributed by atoms with van der Waals surface area (Å²) in [6.07, 6.45) is 2.51. The minimum atomic E-state index is -1.09. The Bertz CT molecular complexity index is 1160. The first-order chi connectivity index (χ1) is 14.8. The molecule has 1 aromatic heterocycles. The number of benzene rings is 2. The molecule has 0 fully saturated rings. The van der Waals surface area contributed by atoms with Crippen LogP contribution in [-0.4, -0.2) is 20.7 Å². The molecule has 2 aromatic carbocycles. The zero-order valence-corrected chi connectivity index (χ0v) is 17.6. The smallest absolute Gasteiger partial charge is 0.141 e. The van der Waals surface area contributed by atoms with Crippen LogP contribution in [0.2, 0.25) is 0 Å². The van der Waals surface area contributed by atoms with E-state index in [4.69, 9.17) is 11.6 Å². The number of hydrogen-bond acceptors (Lipinski definition) is 6. The molecule has 160 valence electrons. The maximum absolute atomic E-state index is 13.7. The number of hydrazine groups is 1. The Hall–Kier alpha value is -3.47. The maximum atomic E-state index is 13.7. The number of hydrogen-bond donors (Lipinski definition) is 3. The summed E-state index contributed by atoms with van der Waals surface area (Å²) in [4.78, 5) is 4.40. The van der Waals surface area contributed by atoms with Crippen LogP contribution in [0.1, 0.15) is 37.9 Å². The SMILES string of the molecule is CCC(O)(CC)/C(N)=C/N(N)Cc1ccc2c(-c3cccc(F)c3)cc(C#N)nc2c1. The fraction of sp³-hybridized carbons (Fsp3) is 0.250. The van der Waals surface area contributed by atoms with Crippen LogP contribution in [0.4, 0.5) is 4.39 Å². The molecule has 0 amide bonds. The molecule has 0 saturated carbocycles. The summed E-state index contributed by atoms with van der Waals surface area (Å²) in [6.45, 7) is 4.06. The van der Waals surface area contributed by atoms with Crippen molar-refractivity contribution in [3.05, 3.63) is 77.5 Å². The van der Waals surface area contributed by atoms with Gasteiger partial charge in [0.25, 0.3) is 0 Å². The number of aromatic nitrogens is 1. The van der Waals surface area contributed by atoms with Gasteiger partial charge in [-0.05, 0) is 53.8 Å². The summed E-state index contributed by atoms with van der Waals surface area (Å²) in [7, 11) is 0. The molecule has 0 spiro atoms. The van der Waals surface area contributed by atoms with Crippen LogP contribution in [0, 0.1) is 17.1 Å². The monoisotopic (exact) mass is 419 g/mol. The average Bonchev–Trinajstić information content (AvgIpc) is 2.77. The van der Waals surface area contributed by atoms with Crippen molar-refractivity contribution in [3.63, 3.8) is 0 Å². The van der Waals surface area contributed by atoms with Gasteiger partial charge in [-0.25, -0.2) is 15.2 Å². The number of nitrogens with zero attached hydrogens (tertiary/aromatic N) is 3. The molecule has 0 radical (unpaired) electrons. The molecule has 0 aliphatic rings. The van der Waals surface area contributed by atoms with Crippen LogP contribution in [0.5, 0.6) is 0 Å². The predicted octanol–water partition coefficient (Wildman–Crippen LogP) is 3.94. The van der Waals surface area contributed by atoms with E-state index in [1.54, 1.807) is 18.2 Å². The van der Waals surface area contributed by atoms with Crippen LogP contribution in [-0.2, 0) is 6.54 Å². The van der Waals surface area contributed by atoms with Crippen LogP contribution in [0.25, 0.3) is 22.0 Å². The number of rotatable bonds is 7. The van der Waals surface area contributed by atoms with E-state index in [1.807, 2.05) is 32.0 Å². The summed E-state index contributed by atoms with van der Waals surface area (Å²) >= 11 is 0. The highest BCUT2D eigenvalue weighted by Gasteiger charge is 2.25. The third-order valence-electron chi connectivity index (χ3n) is 5.50. The Kier molecular flexibility index (Phi) is 6.54. The van der Waals surface area contributed by atoms with Crippen LogP contribution in [0.15, 0.2) is 60.4 Å². The van der Waals surface area contributed by atoms with Crippen molar-refractivity contribution in [1.29, 1.82) is 5.26 Å². The van der Waals surface area contributed by atoms with E-state index in [1.165, 1.54) is 23.3 Å². The molecule has 0 aliphatic heterocycles. The molecular formula is C24H26FN5O. The van der Waals surface area contributed by atoms with Crippen molar-refractivity contribution in [2.45, 2.75) is 38.8 Å². The number of pyridine rings is 1. The molecule has 3 aromatic rings. The minimum absolute atomic E-state index is 0.244. The third-order valence-corrected chi connectivity index (χ3v) is 5.50. The van der Waals surface area contributed by atoms with Crippen molar-refractivity contribution in [1.82, 2.24) is 9.99 Å². The van der Waals surface area contributed by atoms with Gasteiger partial charge in [0.2, 0.25) is 0 Å². The van der Waals surface area contributed by atoms with Crippen molar-refractivity contribution in [2.75, 3.05) is 0 Å². The fourth-order valence-corrected chi connectivity index (χ4v) is 3.54. The molecule has 0 bridgehead atoms. The van der Waals surface area contributed by atoms with E-state index in [9.17, 15) is 14.8 Å². The molecular weight excluding hydrogens is 393 g/mol. The molecule has 0 saturated heterocycles. The predicted molar refractivity (Wildman–Crippen MR) is 119 cm³/mol. The molecule has 1 heterocycles. The van der Waals surface area contributed by atoms with Gasteiger partial charge < -0.3 is 15.8 Å². The van der Waals surface area contributed by atoms with E-state index < -0.39 is 5.60 Å². The van der Waals surface area contributed by atoms with E-state index >= 15 is 0 Å². The molecule has 0 aliphatic carbocycles. The Labute approximate surface area is 181 Å². The summed E-state index contributed by atoms with van der Waals surface area (Å²) < 4.78 is 13.7. The molecule has 7 heteroatoms. The highest BCUT2D eigenvalue weighted by atomic mass is 19.1. The topological polar surface area (TPSA) is 112 Å². The second-order valence-electron chi connectivity index (χ2n) is 7.52. The quantitative estimate of drug-likeness (QED) is 0.395. The Morgan fingerprint density at radius 1 is 1.23 bits per heavy atom. The van der Waals surface area contributed by atoms with Crippen LogP contribution >= 0.6 is 0 Å². The normalized spacial score (nSPS) is 12.1. The standard InChI is InChI=1S/C24H26FN5O/c1-3-24(31,4-2)23(27)15-30(28)14-16-8-9-20-21(17-6-5-7-18(25)11-17)12-19(13-26)29-22(20)10-16/h5-12,15,31H,3-4,14,27-28H2,1-2H3/b23-15-. The summed E-state index contributed by atoms with van der Waals surface area (Å²) in [5.74, 6) is 5.75. The van der Waals surface area contributed by atoms with Gasteiger partial charge in [0.1, 0.15) is 23.2 Å². The zero-order valence-electron chi connectivity index (χ0n) is 17.6. The Morgan fingerprint density at radius 3 is 2.61 bits per heavy atom. The van der Waals surface area contributed by atoms with Gasteiger partial charge in [-0.2, -0.15) is 5.26 Å². The van der Waals surface area contributed by atoms with Crippen molar-refractivity contribution < 1.29 is 9.50 Å². The highest BCUT2D eigenvalue weighted by Crippen LogP contribution is 2.30. The average molecular weight is 420 g/mol. The fourth-order valence-electron chi connectivity index (χ4n) is 3.54. The van der Waals surface area contributed by atoms with Crippen LogP contribution in [0.3, 0.4) is 0 Å². The van der Waals surface area contributed by atoms with Gasteiger partial charge in [-0.1, -0.05) is 38.1 Å². The van der Waals surface area contributed by atoms with E-state index in [2.05, 4.69) is 11.1 Å². The van der Waals surface area contributed by atoms with E-state index in [0.717, 1.165) is 16.5 Å². The Balaban J connectivity index is 1.97. The number of aliphatic hydroxyl groups is 1. The first-order valence-corrected chi connectivity index (χ1v) is 10.1. The van der Waals surface area contributed by atoms with Crippen molar-refractivity contribution in [3.8, 4) is 17.2 Å². The molecule has 0 atom stereocenters. The highest BCUT2D eigenvalue weighted by molar-refractivity contribution is 5.95. The van der Waals surface area contributed by atoms with Gasteiger partial charge >= 0.3 is 0 Å². The van der Waals surface area contributed by atoms with Gasteiger partial charge in [-0.3, -0.25) is 0 Å². The number of halogens is 1. The first-order valence-electron chi connectivity index (χ1n) is 10.1. The minimum Gasteiger partial charge on any atom is -0.398 e. The van der Waals surface area contributed by atoms with E-state index in [-0.39, 0.29) is 11.5 Å². The number of nitrogens with two attached hydrogens (primary N) is 2. The number of fused-ring (bicyclic) bond motifs is 1. The van der Waals surface area contributed by atoms with Gasteiger partial charge in [0.05, 0.1) is 17.8 Å².